The molecule has 2 heterocycles. The van der Waals surface area contributed by atoms with E-state index in [1.165, 1.54) is 21.7 Å². The molecular weight excluding hydrogens is 206 g/mol. The smallest absolute Gasteiger partial charge is 0.0726 e. The topological polar surface area (TPSA) is 43.8 Å². The molecule has 2 aromatic heterocycles. The number of rotatable bonds is 2. The first-order valence-electron chi connectivity index (χ1n) is 5.21. The second-order valence-corrected chi connectivity index (χ2v) is 4.79. The molecule has 0 fully saturated rings. The SMILES string of the molecule is NCCn1ncc2c1-c1ccsc1CC2. The highest BCUT2D eigenvalue weighted by Gasteiger charge is 2.21. The summed E-state index contributed by atoms with van der Waals surface area (Å²) in [4.78, 5) is 1.49. The van der Waals surface area contributed by atoms with Crippen LogP contribution in [0.2, 0.25) is 0 Å². The monoisotopic (exact) mass is 219 g/mol. The minimum Gasteiger partial charge on any atom is -0.329 e. The van der Waals surface area contributed by atoms with Crippen LogP contribution in [0.5, 0.6) is 0 Å². The Morgan fingerprint density at radius 1 is 1.47 bits per heavy atom. The summed E-state index contributed by atoms with van der Waals surface area (Å²) in [5.74, 6) is 0. The molecule has 3 rings (SSSR count). The highest BCUT2D eigenvalue weighted by atomic mass is 32.1. The molecule has 0 unspecified atom stereocenters. The number of thiophene rings is 1. The van der Waals surface area contributed by atoms with Gasteiger partial charge in [-0.1, -0.05) is 0 Å². The lowest BCUT2D eigenvalue weighted by molar-refractivity contribution is 0.630. The Labute approximate surface area is 92.5 Å². The van der Waals surface area contributed by atoms with Crippen LogP contribution in [0.4, 0.5) is 0 Å². The van der Waals surface area contributed by atoms with Gasteiger partial charge in [-0.25, -0.2) is 0 Å². The standard InChI is InChI=1S/C11H13N3S/c12-4-5-14-11-8(7-13-14)1-2-10-9(11)3-6-15-10/h3,6-7H,1-2,4-5,12H2. The molecule has 0 atom stereocenters. The van der Waals surface area contributed by atoms with E-state index >= 15 is 0 Å². The van der Waals surface area contributed by atoms with Gasteiger partial charge >= 0.3 is 0 Å². The second-order valence-electron chi connectivity index (χ2n) is 3.79. The van der Waals surface area contributed by atoms with Crippen LogP contribution in [-0.2, 0) is 19.4 Å². The maximum absolute atomic E-state index is 5.59. The molecule has 2 aromatic rings. The van der Waals surface area contributed by atoms with Crippen molar-refractivity contribution in [3.8, 4) is 11.3 Å². The Kier molecular flexibility index (Phi) is 2.11. The molecule has 1 aliphatic carbocycles. The summed E-state index contributed by atoms with van der Waals surface area (Å²) < 4.78 is 2.04. The quantitative estimate of drug-likeness (QED) is 0.835. The van der Waals surface area contributed by atoms with Crippen molar-refractivity contribution >= 4 is 11.3 Å². The zero-order valence-electron chi connectivity index (χ0n) is 8.44. The van der Waals surface area contributed by atoms with Crippen molar-refractivity contribution in [2.75, 3.05) is 6.54 Å². The van der Waals surface area contributed by atoms with Gasteiger partial charge in [0.25, 0.3) is 0 Å². The predicted octanol–water partition coefficient (Wildman–Crippen LogP) is 1.67. The van der Waals surface area contributed by atoms with Gasteiger partial charge in [-0.3, -0.25) is 4.68 Å². The molecule has 0 saturated heterocycles. The molecule has 1 aliphatic rings. The van der Waals surface area contributed by atoms with Crippen LogP contribution >= 0.6 is 11.3 Å². The molecule has 0 amide bonds. The molecule has 15 heavy (non-hydrogen) atoms. The summed E-state index contributed by atoms with van der Waals surface area (Å²) in [5.41, 5.74) is 9.62. The Morgan fingerprint density at radius 2 is 2.40 bits per heavy atom. The zero-order valence-corrected chi connectivity index (χ0v) is 9.26. The first-order valence-corrected chi connectivity index (χ1v) is 6.09. The number of fused-ring (bicyclic) bond motifs is 3. The average molecular weight is 219 g/mol. The molecule has 0 radical (unpaired) electrons. The number of aromatic nitrogens is 2. The number of nitrogens with two attached hydrogens (primary N) is 1. The van der Waals surface area contributed by atoms with Crippen LogP contribution in [0, 0.1) is 0 Å². The van der Waals surface area contributed by atoms with E-state index in [2.05, 4.69) is 16.5 Å². The molecule has 0 spiro atoms. The van der Waals surface area contributed by atoms with E-state index in [9.17, 15) is 0 Å². The van der Waals surface area contributed by atoms with Crippen molar-refractivity contribution < 1.29 is 0 Å². The number of hydrogen-bond acceptors (Lipinski definition) is 3. The van der Waals surface area contributed by atoms with Crippen LogP contribution in [0.15, 0.2) is 17.6 Å². The minimum absolute atomic E-state index is 0.646. The molecule has 2 N–H and O–H groups in total. The number of hydrogen-bond donors (Lipinski definition) is 1. The Balaban J connectivity index is 2.16. The van der Waals surface area contributed by atoms with Crippen LogP contribution in [0.1, 0.15) is 10.4 Å². The Bertz CT molecular complexity index is 484. The lowest BCUT2D eigenvalue weighted by Gasteiger charge is -2.14. The van der Waals surface area contributed by atoms with Crippen molar-refractivity contribution in [3.63, 3.8) is 0 Å². The van der Waals surface area contributed by atoms with E-state index in [0.29, 0.717) is 6.54 Å². The summed E-state index contributed by atoms with van der Waals surface area (Å²) in [6.45, 7) is 1.46. The third-order valence-electron chi connectivity index (χ3n) is 2.88. The van der Waals surface area contributed by atoms with Crippen molar-refractivity contribution in [1.82, 2.24) is 9.78 Å². The van der Waals surface area contributed by atoms with Gasteiger partial charge in [0, 0.05) is 17.0 Å². The zero-order chi connectivity index (χ0) is 10.3. The first-order chi connectivity index (χ1) is 7.40. The fourth-order valence-electron chi connectivity index (χ4n) is 2.20. The van der Waals surface area contributed by atoms with Crippen molar-refractivity contribution in [2.45, 2.75) is 19.4 Å². The molecule has 3 nitrogen and oxygen atoms in total. The fraction of sp³-hybridized carbons (Fsp3) is 0.364. The third kappa shape index (κ3) is 1.33. The maximum atomic E-state index is 5.59. The maximum Gasteiger partial charge on any atom is 0.0726 e. The van der Waals surface area contributed by atoms with Crippen LogP contribution in [0.25, 0.3) is 11.3 Å². The molecule has 4 heteroatoms. The third-order valence-corrected chi connectivity index (χ3v) is 3.86. The lowest BCUT2D eigenvalue weighted by atomic mass is 9.97. The fourth-order valence-corrected chi connectivity index (χ4v) is 3.08. The summed E-state index contributed by atoms with van der Waals surface area (Å²) in [6.07, 6.45) is 4.27. The summed E-state index contributed by atoms with van der Waals surface area (Å²) in [7, 11) is 0. The minimum atomic E-state index is 0.646. The van der Waals surface area contributed by atoms with E-state index in [4.69, 9.17) is 5.73 Å². The van der Waals surface area contributed by atoms with Crippen molar-refractivity contribution in [3.05, 3.63) is 28.1 Å². The van der Waals surface area contributed by atoms with Gasteiger partial charge in [-0.2, -0.15) is 5.10 Å². The van der Waals surface area contributed by atoms with E-state index in [-0.39, 0.29) is 0 Å². The number of nitrogens with zero attached hydrogens (tertiary/aromatic N) is 2. The Hall–Kier alpha value is -1.13. The molecule has 0 aromatic carbocycles. The first kappa shape index (κ1) is 9.12. The number of aryl methyl sites for hydroxylation is 2. The van der Waals surface area contributed by atoms with E-state index in [1.807, 2.05) is 22.2 Å². The highest BCUT2D eigenvalue weighted by Crippen LogP contribution is 2.36. The largest absolute Gasteiger partial charge is 0.329 e. The van der Waals surface area contributed by atoms with Crippen LogP contribution in [-0.4, -0.2) is 16.3 Å². The van der Waals surface area contributed by atoms with Gasteiger partial charge in [-0.15, -0.1) is 11.3 Å². The molecular formula is C11H13N3S. The second kappa shape index (κ2) is 3.47. The molecule has 0 bridgehead atoms. The van der Waals surface area contributed by atoms with Gasteiger partial charge in [0.2, 0.25) is 0 Å². The lowest BCUT2D eigenvalue weighted by Crippen LogP contribution is -2.13. The van der Waals surface area contributed by atoms with E-state index in [0.717, 1.165) is 19.4 Å². The van der Waals surface area contributed by atoms with Crippen LogP contribution < -0.4 is 5.73 Å². The van der Waals surface area contributed by atoms with Gasteiger partial charge in [-0.05, 0) is 29.9 Å². The van der Waals surface area contributed by atoms with E-state index < -0.39 is 0 Å². The molecule has 78 valence electrons. The van der Waals surface area contributed by atoms with E-state index in [1.54, 1.807) is 0 Å². The summed E-state index contributed by atoms with van der Waals surface area (Å²) in [5, 5.41) is 6.57. The van der Waals surface area contributed by atoms with Gasteiger partial charge in [0.1, 0.15) is 0 Å². The molecule has 0 aliphatic heterocycles. The van der Waals surface area contributed by atoms with Crippen LogP contribution in [0.3, 0.4) is 0 Å². The van der Waals surface area contributed by atoms with Gasteiger partial charge in [0.15, 0.2) is 0 Å². The summed E-state index contributed by atoms with van der Waals surface area (Å²) in [6, 6.07) is 2.20. The summed E-state index contributed by atoms with van der Waals surface area (Å²) >= 11 is 1.85. The molecule has 0 saturated carbocycles. The highest BCUT2D eigenvalue weighted by molar-refractivity contribution is 7.10. The van der Waals surface area contributed by atoms with Gasteiger partial charge < -0.3 is 5.73 Å². The van der Waals surface area contributed by atoms with Gasteiger partial charge in [0.05, 0.1) is 18.4 Å². The Morgan fingerprint density at radius 3 is 3.27 bits per heavy atom. The van der Waals surface area contributed by atoms with Crippen molar-refractivity contribution in [1.29, 1.82) is 0 Å². The van der Waals surface area contributed by atoms with Crippen molar-refractivity contribution in [2.24, 2.45) is 5.73 Å². The predicted molar refractivity (Wildman–Crippen MR) is 62.0 cm³/mol. The average Bonchev–Trinajstić information content (AvgIpc) is 2.83. The normalized spacial score (nSPS) is 13.7.